The molecule has 0 radical (unpaired) electrons. The summed E-state index contributed by atoms with van der Waals surface area (Å²) in [7, 11) is 1.78. The van der Waals surface area contributed by atoms with Crippen molar-refractivity contribution in [3.05, 3.63) is 54.1 Å². The smallest absolute Gasteiger partial charge is 0.248 e. The van der Waals surface area contributed by atoms with Crippen molar-refractivity contribution in [2.75, 3.05) is 44.5 Å². The van der Waals surface area contributed by atoms with Crippen molar-refractivity contribution < 1.29 is 17.9 Å². The molecule has 2 aromatic rings. The highest BCUT2D eigenvalue weighted by Gasteiger charge is 2.26. The standard InChI is InChI=1S/C24H31N3O4S/c1-26(2)20-11-8-19(9-12-20)10-15-24(28)25-22-18-21(13-14-23(22)31-3)32(29,30)27-16-6-4-5-7-17-27/h8-15,18H,4-7,16-17H2,1-3H3,(H,25,28)/b15-10+. The molecule has 0 spiro atoms. The average molecular weight is 458 g/mol. The minimum Gasteiger partial charge on any atom is -0.495 e. The zero-order valence-corrected chi connectivity index (χ0v) is 19.7. The summed E-state index contributed by atoms with van der Waals surface area (Å²) in [6, 6.07) is 12.4. The minimum absolute atomic E-state index is 0.152. The van der Waals surface area contributed by atoms with E-state index in [-0.39, 0.29) is 10.8 Å². The summed E-state index contributed by atoms with van der Waals surface area (Å²) >= 11 is 0. The molecule has 1 N–H and O–H groups in total. The van der Waals surface area contributed by atoms with E-state index in [4.69, 9.17) is 4.74 Å². The fourth-order valence-corrected chi connectivity index (χ4v) is 5.15. The lowest BCUT2D eigenvalue weighted by Gasteiger charge is -2.21. The predicted molar refractivity (Wildman–Crippen MR) is 129 cm³/mol. The molecule has 3 rings (SSSR count). The first kappa shape index (κ1) is 23.8. The van der Waals surface area contributed by atoms with Gasteiger partial charge in [-0.3, -0.25) is 4.79 Å². The Morgan fingerprint density at radius 3 is 2.28 bits per heavy atom. The molecule has 1 fully saturated rings. The van der Waals surface area contributed by atoms with Crippen molar-refractivity contribution in [2.45, 2.75) is 30.6 Å². The average Bonchev–Trinajstić information content (AvgIpc) is 3.08. The second-order valence-corrected chi connectivity index (χ2v) is 9.93. The van der Waals surface area contributed by atoms with E-state index in [1.165, 1.54) is 29.6 Å². The second-order valence-electron chi connectivity index (χ2n) is 7.99. The van der Waals surface area contributed by atoms with Crippen LogP contribution in [0.1, 0.15) is 31.2 Å². The van der Waals surface area contributed by atoms with Crippen LogP contribution in [0.4, 0.5) is 11.4 Å². The Labute approximate surface area is 190 Å². The molecule has 0 saturated carbocycles. The molecule has 1 heterocycles. The number of sulfonamides is 1. The maximum absolute atomic E-state index is 13.1. The Bertz CT molecular complexity index is 1060. The predicted octanol–water partition coefficient (Wildman–Crippen LogP) is 3.98. The van der Waals surface area contributed by atoms with E-state index in [9.17, 15) is 13.2 Å². The maximum atomic E-state index is 13.1. The number of carbonyl (C=O) groups excluding carboxylic acids is 1. The summed E-state index contributed by atoms with van der Waals surface area (Å²) in [5.74, 6) is 0.0289. The Morgan fingerprint density at radius 1 is 1.03 bits per heavy atom. The third-order valence-corrected chi connectivity index (χ3v) is 7.36. The number of amides is 1. The SMILES string of the molecule is COc1ccc(S(=O)(=O)N2CCCCCC2)cc1NC(=O)/C=C/c1ccc(N(C)C)cc1. The first-order chi connectivity index (χ1) is 15.3. The van der Waals surface area contributed by atoms with E-state index in [0.717, 1.165) is 36.9 Å². The number of benzene rings is 2. The number of nitrogens with zero attached hydrogens (tertiary/aromatic N) is 2. The van der Waals surface area contributed by atoms with E-state index in [2.05, 4.69) is 5.32 Å². The van der Waals surface area contributed by atoms with E-state index in [1.807, 2.05) is 43.3 Å². The van der Waals surface area contributed by atoms with Crippen molar-refractivity contribution in [1.82, 2.24) is 4.31 Å². The molecule has 1 amide bonds. The number of rotatable bonds is 7. The van der Waals surface area contributed by atoms with Crippen LogP contribution in [0.15, 0.2) is 53.4 Å². The quantitative estimate of drug-likeness (QED) is 0.637. The van der Waals surface area contributed by atoms with Gasteiger partial charge in [0.1, 0.15) is 5.75 Å². The monoisotopic (exact) mass is 457 g/mol. The molecule has 2 aromatic carbocycles. The largest absolute Gasteiger partial charge is 0.495 e. The zero-order valence-electron chi connectivity index (χ0n) is 18.9. The summed E-state index contributed by atoms with van der Waals surface area (Å²) < 4.78 is 33.1. The van der Waals surface area contributed by atoms with Crippen LogP contribution in [0.25, 0.3) is 6.08 Å². The van der Waals surface area contributed by atoms with Crippen LogP contribution in [0.5, 0.6) is 5.75 Å². The molecule has 0 aliphatic carbocycles. The number of hydrogen-bond donors (Lipinski definition) is 1. The molecule has 0 unspecified atom stereocenters. The van der Waals surface area contributed by atoms with Gasteiger partial charge in [-0.1, -0.05) is 25.0 Å². The highest BCUT2D eigenvalue weighted by atomic mass is 32.2. The van der Waals surface area contributed by atoms with Gasteiger partial charge in [-0.05, 0) is 54.8 Å². The van der Waals surface area contributed by atoms with Gasteiger partial charge in [0.25, 0.3) is 0 Å². The molecule has 1 saturated heterocycles. The topological polar surface area (TPSA) is 79.0 Å². The highest BCUT2D eigenvalue weighted by molar-refractivity contribution is 7.89. The van der Waals surface area contributed by atoms with Gasteiger partial charge in [-0.15, -0.1) is 0 Å². The molecule has 8 heteroatoms. The number of carbonyl (C=O) groups is 1. The maximum Gasteiger partial charge on any atom is 0.248 e. The van der Waals surface area contributed by atoms with Crippen LogP contribution in [-0.4, -0.2) is 52.9 Å². The van der Waals surface area contributed by atoms with Crippen LogP contribution < -0.4 is 15.0 Å². The van der Waals surface area contributed by atoms with Gasteiger partial charge >= 0.3 is 0 Å². The Morgan fingerprint density at radius 2 is 1.69 bits per heavy atom. The summed E-state index contributed by atoms with van der Waals surface area (Å²) in [6.45, 7) is 1.04. The Hall–Kier alpha value is -2.84. The van der Waals surface area contributed by atoms with Crippen molar-refractivity contribution in [2.24, 2.45) is 0 Å². The van der Waals surface area contributed by atoms with Crippen LogP contribution in [0, 0.1) is 0 Å². The van der Waals surface area contributed by atoms with Crippen molar-refractivity contribution in [3.8, 4) is 5.75 Å². The summed E-state index contributed by atoms with van der Waals surface area (Å²) in [4.78, 5) is 14.7. The zero-order chi connectivity index (χ0) is 23.1. The molecule has 0 aromatic heterocycles. The number of nitrogens with one attached hydrogen (secondary N) is 1. The van der Waals surface area contributed by atoms with Crippen LogP contribution in [0.2, 0.25) is 0 Å². The van der Waals surface area contributed by atoms with Crippen molar-refractivity contribution in [3.63, 3.8) is 0 Å². The summed E-state index contributed by atoms with van der Waals surface area (Å²) in [5.41, 5.74) is 2.27. The van der Waals surface area contributed by atoms with Gasteiger partial charge in [0.05, 0.1) is 17.7 Å². The van der Waals surface area contributed by atoms with Gasteiger partial charge in [0.15, 0.2) is 0 Å². The highest BCUT2D eigenvalue weighted by Crippen LogP contribution is 2.30. The van der Waals surface area contributed by atoms with Gasteiger partial charge in [-0.25, -0.2) is 8.42 Å². The lowest BCUT2D eigenvalue weighted by Crippen LogP contribution is -2.32. The molecule has 1 aliphatic rings. The number of methoxy groups -OCH3 is 1. The van der Waals surface area contributed by atoms with Gasteiger partial charge < -0.3 is 15.0 Å². The summed E-state index contributed by atoms with van der Waals surface area (Å²) in [6.07, 6.45) is 6.93. The fourth-order valence-electron chi connectivity index (χ4n) is 3.61. The van der Waals surface area contributed by atoms with Gasteiger partial charge in [-0.2, -0.15) is 4.31 Å². The summed E-state index contributed by atoms with van der Waals surface area (Å²) in [5, 5.41) is 2.75. The first-order valence-corrected chi connectivity index (χ1v) is 12.2. The van der Waals surface area contributed by atoms with E-state index < -0.39 is 10.0 Å². The molecule has 1 aliphatic heterocycles. The molecule has 32 heavy (non-hydrogen) atoms. The van der Waals surface area contributed by atoms with E-state index in [1.54, 1.807) is 12.1 Å². The second kappa shape index (κ2) is 10.7. The lowest BCUT2D eigenvalue weighted by molar-refractivity contribution is -0.111. The number of anilines is 2. The van der Waals surface area contributed by atoms with Gasteiger partial charge in [0, 0.05) is 38.9 Å². The number of hydrogen-bond acceptors (Lipinski definition) is 5. The Balaban J connectivity index is 1.77. The molecular weight excluding hydrogens is 426 g/mol. The lowest BCUT2D eigenvalue weighted by atomic mass is 10.2. The molecule has 0 atom stereocenters. The van der Waals surface area contributed by atoms with Gasteiger partial charge in [0.2, 0.25) is 15.9 Å². The van der Waals surface area contributed by atoms with Crippen molar-refractivity contribution >= 4 is 33.4 Å². The molecular formula is C24H31N3O4S. The third kappa shape index (κ3) is 5.89. The van der Waals surface area contributed by atoms with Crippen molar-refractivity contribution in [1.29, 1.82) is 0 Å². The van der Waals surface area contributed by atoms with Crippen LogP contribution >= 0.6 is 0 Å². The minimum atomic E-state index is -3.63. The van der Waals surface area contributed by atoms with E-state index in [0.29, 0.717) is 24.5 Å². The molecule has 0 bridgehead atoms. The third-order valence-electron chi connectivity index (χ3n) is 5.47. The normalized spacial score (nSPS) is 15.3. The van der Waals surface area contributed by atoms with E-state index >= 15 is 0 Å². The first-order valence-electron chi connectivity index (χ1n) is 10.8. The number of ether oxygens (including phenoxy) is 1. The molecule has 7 nitrogen and oxygen atoms in total. The van der Waals surface area contributed by atoms with Crippen LogP contribution in [-0.2, 0) is 14.8 Å². The van der Waals surface area contributed by atoms with Crippen LogP contribution in [0.3, 0.4) is 0 Å². The Kier molecular flexibility index (Phi) is 7.93. The fraction of sp³-hybridized carbons (Fsp3) is 0.375. The molecule has 172 valence electrons.